The van der Waals surface area contributed by atoms with E-state index in [2.05, 4.69) is 13.0 Å². The Morgan fingerprint density at radius 3 is 2.32 bits per heavy atom. The van der Waals surface area contributed by atoms with Gasteiger partial charge in [-0.2, -0.15) is 5.26 Å². The average Bonchev–Trinajstić information content (AvgIpc) is 2.56. The van der Waals surface area contributed by atoms with E-state index in [0.29, 0.717) is 32.0 Å². The SMILES string of the molecule is CCCCOCCOCCO/C=C(\C)c1ccc(C#N)cc1. The summed E-state index contributed by atoms with van der Waals surface area (Å²) in [5.41, 5.74) is 2.73. The second-order valence-corrected chi connectivity index (χ2v) is 4.94. The standard InChI is InChI=1S/C18H25NO3/c1-3-4-9-20-10-11-21-12-13-22-15-16(2)18-7-5-17(14-19)6-8-18/h5-8,15H,3-4,9-13H2,1-2H3/b16-15+. The molecule has 0 atom stereocenters. The number of hydrogen-bond donors (Lipinski definition) is 0. The molecule has 0 aromatic heterocycles. The smallest absolute Gasteiger partial charge is 0.111 e. The molecule has 0 bridgehead atoms. The van der Waals surface area contributed by atoms with Crippen LogP contribution in [0.4, 0.5) is 0 Å². The lowest BCUT2D eigenvalue weighted by atomic mass is 10.1. The fourth-order valence-corrected chi connectivity index (χ4v) is 1.74. The number of unbranched alkanes of at least 4 members (excludes halogenated alkanes) is 1. The molecule has 0 aliphatic rings. The van der Waals surface area contributed by atoms with Crippen molar-refractivity contribution in [1.29, 1.82) is 5.26 Å². The molecule has 120 valence electrons. The second-order valence-electron chi connectivity index (χ2n) is 4.94. The number of benzene rings is 1. The van der Waals surface area contributed by atoms with Crippen molar-refractivity contribution < 1.29 is 14.2 Å². The average molecular weight is 303 g/mol. The van der Waals surface area contributed by atoms with Gasteiger partial charge >= 0.3 is 0 Å². The van der Waals surface area contributed by atoms with Gasteiger partial charge in [-0.25, -0.2) is 0 Å². The van der Waals surface area contributed by atoms with Gasteiger partial charge in [0.25, 0.3) is 0 Å². The molecule has 0 fully saturated rings. The number of ether oxygens (including phenoxy) is 3. The summed E-state index contributed by atoms with van der Waals surface area (Å²) in [6.07, 6.45) is 3.98. The molecule has 0 heterocycles. The predicted octanol–water partition coefficient (Wildman–Crippen LogP) is 3.77. The fourth-order valence-electron chi connectivity index (χ4n) is 1.74. The van der Waals surface area contributed by atoms with Gasteiger partial charge in [0.1, 0.15) is 6.61 Å². The monoisotopic (exact) mass is 303 g/mol. The number of rotatable bonds is 11. The maximum Gasteiger partial charge on any atom is 0.111 e. The lowest BCUT2D eigenvalue weighted by Crippen LogP contribution is -2.08. The number of allylic oxidation sites excluding steroid dienone is 1. The van der Waals surface area contributed by atoms with Crippen LogP contribution < -0.4 is 0 Å². The van der Waals surface area contributed by atoms with Gasteiger partial charge in [-0.15, -0.1) is 0 Å². The number of nitriles is 1. The van der Waals surface area contributed by atoms with E-state index in [-0.39, 0.29) is 0 Å². The van der Waals surface area contributed by atoms with Gasteiger partial charge in [-0.05, 0) is 36.6 Å². The van der Waals surface area contributed by atoms with Crippen molar-refractivity contribution in [3.63, 3.8) is 0 Å². The Kier molecular flexibility index (Phi) is 9.76. The van der Waals surface area contributed by atoms with Crippen molar-refractivity contribution in [2.75, 3.05) is 33.0 Å². The maximum atomic E-state index is 8.76. The lowest BCUT2D eigenvalue weighted by Gasteiger charge is -2.06. The first-order valence-electron chi connectivity index (χ1n) is 7.72. The zero-order valence-corrected chi connectivity index (χ0v) is 13.5. The number of nitrogens with zero attached hydrogens (tertiary/aromatic N) is 1. The highest BCUT2D eigenvalue weighted by Crippen LogP contribution is 2.14. The van der Waals surface area contributed by atoms with Crippen molar-refractivity contribution in [1.82, 2.24) is 0 Å². The Labute approximate surface area is 133 Å². The third-order valence-corrected chi connectivity index (χ3v) is 3.09. The van der Waals surface area contributed by atoms with Crippen LogP contribution in [-0.2, 0) is 14.2 Å². The third kappa shape index (κ3) is 7.82. The van der Waals surface area contributed by atoms with Crippen LogP contribution in [-0.4, -0.2) is 33.0 Å². The van der Waals surface area contributed by atoms with E-state index >= 15 is 0 Å². The zero-order valence-electron chi connectivity index (χ0n) is 13.5. The highest BCUT2D eigenvalue weighted by molar-refractivity contribution is 5.63. The van der Waals surface area contributed by atoms with Gasteiger partial charge in [0.05, 0.1) is 37.7 Å². The normalized spacial score (nSPS) is 11.2. The maximum absolute atomic E-state index is 8.76. The summed E-state index contributed by atoms with van der Waals surface area (Å²) in [4.78, 5) is 0. The molecular weight excluding hydrogens is 278 g/mol. The quantitative estimate of drug-likeness (QED) is 0.461. The van der Waals surface area contributed by atoms with Crippen LogP contribution >= 0.6 is 0 Å². The molecule has 0 amide bonds. The fraction of sp³-hybridized carbons (Fsp3) is 0.500. The highest BCUT2D eigenvalue weighted by Gasteiger charge is 1.97. The lowest BCUT2D eigenvalue weighted by molar-refractivity contribution is 0.0300. The molecule has 0 N–H and O–H groups in total. The van der Waals surface area contributed by atoms with Crippen LogP contribution in [0, 0.1) is 11.3 Å². The Morgan fingerprint density at radius 1 is 1.05 bits per heavy atom. The van der Waals surface area contributed by atoms with Gasteiger partial charge in [0, 0.05) is 6.61 Å². The second kappa shape index (κ2) is 11.8. The molecule has 1 rings (SSSR count). The van der Waals surface area contributed by atoms with E-state index in [0.717, 1.165) is 30.6 Å². The summed E-state index contributed by atoms with van der Waals surface area (Å²) in [7, 11) is 0. The molecule has 0 spiro atoms. The van der Waals surface area contributed by atoms with Gasteiger partial charge in [-0.1, -0.05) is 25.5 Å². The van der Waals surface area contributed by atoms with Gasteiger partial charge in [0.2, 0.25) is 0 Å². The van der Waals surface area contributed by atoms with Crippen molar-refractivity contribution in [2.45, 2.75) is 26.7 Å². The molecule has 0 radical (unpaired) electrons. The van der Waals surface area contributed by atoms with Gasteiger partial charge in [0.15, 0.2) is 0 Å². The van der Waals surface area contributed by atoms with E-state index < -0.39 is 0 Å². The minimum absolute atomic E-state index is 0.516. The van der Waals surface area contributed by atoms with E-state index in [1.54, 1.807) is 18.4 Å². The highest BCUT2D eigenvalue weighted by atomic mass is 16.5. The molecule has 0 saturated heterocycles. The van der Waals surface area contributed by atoms with Crippen LogP contribution in [0.15, 0.2) is 30.5 Å². The summed E-state index contributed by atoms with van der Waals surface area (Å²) >= 11 is 0. The number of hydrogen-bond acceptors (Lipinski definition) is 4. The minimum Gasteiger partial charge on any atom is -0.498 e. The molecule has 0 aliphatic carbocycles. The Bertz CT molecular complexity index is 474. The van der Waals surface area contributed by atoms with Crippen LogP contribution in [0.3, 0.4) is 0 Å². The zero-order chi connectivity index (χ0) is 16.0. The first-order valence-corrected chi connectivity index (χ1v) is 7.72. The molecule has 1 aromatic rings. The van der Waals surface area contributed by atoms with E-state index in [1.165, 1.54) is 0 Å². The molecule has 4 nitrogen and oxygen atoms in total. The summed E-state index contributed by atoms with van der Waals surface area (Å²) in [5.74, 6) is 0. The van der Waals surface area contributed by atoms with Crippen molar-refractivity contribution in [2.24, 2.45) is 0 Å². The summed E-state index contributed by atoms with van der Waals surface area (Å²) < 4.78 is 16.3. The molecule has 0 unspecified atom stereocenters. The molecule has 4 heteroatoms. The Balaban J connectivity index is 2.10. The van der Waals surface area contributed by atoms with E-state index in [4.69, 9.17) is 19.5 Å². The van der Waals surface area contributed by atoms with Gasteiger partial charge in [-0.3, -0.25) is 0 Å². The van der Waals surface area contributed by atoms with Crippen LogP contribution in [0.2, 0.25) is 0 Å². The molecule has 0 saturated carbocycles. The third-order valence-electron chi connectivity index (χ3n) is 3.09. The largest absolute Gasteiger partial charge is 0.498 e. The van der Waals surface area contributed by atoms with Crippen molar-refractivity contribution in [3.8, 4) is 6.07 Å². The predicted molar refractivity (Wildman–Crippen MR) is 87.3 cm³/mol. The topological polar surface area (TPSA) is 51.5 Å². The Morgan fingerprint density at radius 2 is 1.68 bits per heavy atom. The summed E-state index contributed by atoms with van der Waals surface area (Å²) in [6.45, 7) is 7.24. The molecule has 1 aromatic carbocycles. The first-order chi connectivity index (χ1) is 10.8. The van der Waals surface area contributed by atoms with Crippen LogP contribution in [0.1, 0.15) is 37.8 Å². The Hall–Kier alpha value is -1.83. The molecule has 0 aliphatic heterocycles. The van der Waals surface area contributed by atoms with Crippen LogP contribution in [0.5, 0.6) is 0 Å². The minimum atomic E-state index is 0.516. The first kappa shape index (κ1) is 18.2. The van der Waals surface area contributed by atoms with Gasteiger partial charge < -0.3 is 14.2 Å². The molecule has 22 heavy (non-hydrogen) atoms. The van der Waals surface area contributed by atoms with Crippen LogP contribution in [0.25, 0.3) is 5.57 Å². The van der Waals surface area contributed by atoms with Crippen molar-refractivity contribution in [3.05, 3.63) is 41.7 Å². The van der Waals surface area contributed by atoms with E-state index in [1.807, 2.05) is 19.1 Å². The van der Waals surface area contributed by atoms with Crippen molar-refractivity contribution >= 4 is 5.57 Å². The summed E-state index contributed by atoms with van der Waals surface area (Å²) in [6, 6.07) is 9.53. The van der Waals surface area contributed by atoms with E-state index in [9.17, 15) is 0 Å². The summed E-state index contributed by atoms with van der Waals surface area (Å²) in [5, 5.41) is 8.76. The molecular formula is C18H25NO3.